The minimum absolute atomic E-state index is 0.192. The fourth-order valence-electron chi connectivity index (χ4n) is 2.52. The van der Waals surface area contributed by atoms with Gasteiger partial charge in [-0.25, -0.2) is 0 Å². The molecular formula is C19H17BrO4. The van der Waals surface area contributed by atoms with E-state index in [-0.39, 0.29) is 11.2 Å². The summed E-state index contributed by atoms with van der Waals surface area (Å²) in [6, 6.07) is 10.8. The lowest BCUT2D eigenvalue weighted by Crippen LogP contribution is -2.08. The Labute approximate surface area is 148 Å². The molecule has 0 radical (unpaired) electrons. The van der Waals surface area contributed by atoms with Crippen molar-refractivity contribution in [3.8, 4) is 17.2 Å². The fraction of sp³-hybridized carbons (Fsp3) is 0.211. The van der Waals surface area contributed by atoms with Crippen molar-refractivity contribution in [2.75, 3.05) is 6.61 Å². The van der Waals surface area contributed by atoms with Crippen molar-refractivity contribution in [1.29, 1.82) is 0 Å². The van der Waals surface area contributed by atoms with E-state index in [1.54, 1.807) is 31.2 Å². The van der Waals surface area contributed by atoms with Gasteiger partial charge >= 0.3 is 0 Å². The van der Waals surface area contributed by atoms with E-state index in [0.29, 0.717) is 34.8 Å². The van der Waals surface area contributed by atoms with Crippen molar-refractivity contribution >= 4 is 26.9 Å². The van der Waals surface area contributed by atoms with E-state index in [2.05, 4.69) is 15.9 Å². The summed E-state index contributed by atoms with van der Waals surface area (Å²) >= 11 is 3.37. The second kappa shape index (κ2) is 6.69. The van der Waals surface area contributed by atoms with Crippen LogP contribution in [0.25, 0.3) is 11.0 Å². The summed E-state index contributed by atoms with van der Waals surface area (Å²) in [5.41, 5.74) is 1.15. The number of rotatable bonds is 4. The number of fused-ring (bicyclic) bond motifs is 1. The average molecular weight is 389 g/mol. The first-order valence-electron chi connectivity index (χ1n) is 7.64. The average Bonchev–Trinajstić information content (AvgIpc) is 2.56. The maximum Gasteiger partial charge on any atom is 0.235 e. The zero-order valence-corrected chi connectivity index (χ0v) is 15.3. The third kappa shape index (κ3) is 3.04. The summed E-state index contributed by atoms with van der Waals surface area (Å²) in [5, 5.41) is 0.480. The van der Waals surface area contributed by atoms with Gasteiger partial charge in [-0.05, 0) is 57.2 Å². The minimum Gasteiger partial charge on any atom is -0.493 e. The van der Waals surface area contributed by atoms with Gasteiger partial charge in [-0.1, -0.05) is 15.9 Å². The number of benzene rings is 2. The molecule has 1 aromatic heterocycles. The lowest BCUT2D eigenvalue weighted by molar-refractivity contribution is 0.337. The summed E-state index contributed by atoms with van der Waals surface area (Å²) in [4.78, 5) is 12.8. The zero-order valence-electron chi connectivity index (χ0n) is 13.7. The molecule has 0 aliphatic rings. The van der Waals surface area contributed by atoms with Crippen LogP contribution in [-0.4, -0.2) is 6.61 Å². The summed E-state index contributed by atoms with van der Waals surface area (Å²) in [7, 11) is 0. The van der Waals surface area contributed by atoms with Crippen molar-refractivity contribution in [3.63, 3.8) is 0 Å². The Morgan fingerprint density at radius 2 is 1.79 bits per heavy atom. The number of hydrogen-bond acceptors (Lipinski definition) is 4. The Balaban J connectivity index is 2.12. The smallest absolute Gasteiger partial charge is 0.235 e. The zero-order chi connectivity index (χ0) is 17.3. The van der Waals surface area contributed by atoms with Crippen LogP contribution in [0, 0.1) is 13.8 Å². The number of ether oxygens (including phenoxy) is 2. The van der Waals surface area contributed by atoms with E-state index < -0.39 is 0 Å². The van der Waals surface area contributed by atoms with Gasteiger partial charge in [-0.3, -0.25) is 4.79 Å². The topological polar surface area (TPSA) is 48.7 Å². The van der Waals surface area contributed by atoms with Crippen molar-refractivity contribution in [2.24, 2.45) is 0 Å². The van der Waals surface area contributed by atoms with Crippen molar-refractivity contribution in [2.45, 2.75) is 20.8 Å². The maximum atomic E-state index is 12.8. The molecule has 0 saturated carbocycles. The van der Waals surface area contributed by atoms with Gasteiger partial charge in [-0.2, -0.15) is 0 Å². The Morgan fingerprint density at radius 1 is 1.08 bits per heavy atom. The molecule has 5 heteroatoms. The normalized spacial score (nSPS) is 10.8. The van der Waals surface area contributed by atoms with Gasteiger partial charge in [-0.15, -0.1) is 0 Å². The van der Waals surface area contributed by atoms with E-state index in [0.717, 1.165) is 10.0 Å². The molecule has 124 valence electrons. The van der Waals surface area contributed by atoms with Gasteiger partial charge in [0.05, 0.1) is 12.0 Å². The molecule has 2 aromatic carbocycles. The molecule has 3 aromatic rings. The Kier molecular flexibility index (Phi) is 4.62. The Bertz CT molecular complexity index is 942. The standard InChI is InChI=1S/C19H17BrO4/c1-4-22-16-10-9-15-17(21)19(12(3)23-18(15)11(16)2)24-14-7-5-13(20)6-8-14/h5-10H,4H2,1-3H3. The Hall–Kier alpha value is -2.27. The first-order valence-corrected chi connectivity index (χ1v) is 8.43. The van der Waals surface area contributed by atoms with Crippen LogP contribution >= 0.6 is 15.9 Å². The molecule has 0 spiro atoms. The highest BCUT2D eigenvalue weighted by atomic mass is 79.9. The Morgan fingerprint density at radius 3 is 2.46 bits per heavy atom. The second-order valence-electron chi connectivity index (χ2n) is 5.37. The van der Waals surface area contributed by atoms with Crippen LogP contribution in [0.1, 0.15) is 18.2 Å². The molecule has 0 bridgehead atoms. The van der Waals surface area contributed by atoms with Gasteiger partial charge < -0.3 is 13.9 Å². The lowest BCUT2D eigenvalue weighted by atomic mass is 10.1. The molecule has 4 nitrogen and oxygen atoms in total. The summed E-state index contributed by atoms with van der Waals surface area (Å²) < 4.78 is 18.1. The summed E-state index contributed by atoms with van der Waals surface area (Å²) in [6.45, 7) is 6.08. The molecular weight excluding hydrogens is 372 g/mol. The van der Waals surface area contributed by atoms with E-state index in [1.165, 1.54) is 0 Å². The SMILES string of the molecule is CCOc1ccc2c(=O)c(Oc3ccc(Br)cc3)c(C)oc2c1C. The highest BCUT2D eigenvalue weighted by Crippen LogP contribution is 2.31. The van der Waals surface area contributed by atoms with Gasteiger partial charge in [0, 0.05) is 10.0 Å². The highest BCUT2D eigenvalue weighted by Gasteiger charge is 2.17. The van der Waals surface area contributed by atoms with Crippen LogP contribution in [0.5, 0.6) is 17.2 Å². The number of hydrogen-bond donors (Lipinski definition) is 0. The molecule has 0 unspecified atom stereocenters. The van der Waals surface area contributed by atoms with Crippen LogP contribution in [0.2, 0.25) is 0 Å². The molecule has 24 heavy (non-hydrogen) atoms. The van der Waals surface area contributed by atoms with E-state index in [4.69, 9.17) is 13.9 Å². The molecule has 0 saturated heterocycles. The lowest BCUT2D eigenvalue weighted by Gasteiger charge is -2.12. The quantitative estimate of drug-likeness (QED) is 0.603. The van der Waals surface area contributed by atoms with Crippen molar-refractivity contribution in [3.05, 3.63) is 62.4 Å². The largest absolute Gasteiger partial charge is 0.493 e. The predicted molar refractivity (Wildman–Crippen MR) is 97.3 cm³/mol. The summed E-state index contributed by atoms with van der Waals surface area (Å²) in [5.74, 6) is 1.94. The van der Waals surface area contributed by atoms with Crippen LogP contribution in [0.3, 0.4) is 0 Å². The molecule has 0 atom stereocenters. The van der Waals surface area contributed by atoms with Crippen LogP contribution in [0.4, 0.5) is 0 Å². The summed E-state index contributed by atoms with van der Waals surface area (Å²) in [6.07, 6.45) is 0. The molecule has 0 aliphatic heterocycles. The maximum absolute atomic E-state index is 12.8. The molecule has 0 amide bonds. The van der Waals surface area contributed by atoms with Crippen molar-refractivity contribution in [1.82, 2.24) is 0 Å². The number of halogens is 1. The predicted octanol–water partition coefficient (Wildman–Crippen LogP) is 5.36. The third-order valence-electron chi connectivity index (χ3n) is 3.72. The third-order valence-corrected chi connectivity index (χ3v) is 4.24. The van der Waals surface area contributed by atoms with E-state index in [1.807, 2.05) is 26.0 Å². The highest BCUT2D eigenvalue weighted by molar-refractivity contribution is 9.10. The van der Waals surface area contributed by atoms with Crippen molar-refractivity contribution < 1.29 is 13.9 Å². The fourth-order valence-corrected chi connectivity index (χ4v) is 2.78. The molecule has 0 N–H and O–H groups in total. The molecule has 0 fully saturated rings. The monoisotopic (exact) mass is 388 g/mol. The first-order chi connectivity index (χ1) is 11.5. The van der Waals surface area contributed by atoms with Gasteiger partial charge in [0.25, 0.3) is 0 Å². The van der Waals surface area contributed by atoms with Crippen LogP contribution in [0.15, 0.2) is 50.1 Å². The van der Waals surface area contributed by atoms with E-state index >= 15 is 0 Å². The number of aryl methyl sites for hydroxylation is 2. The van der Waals surface area contributed by atoms with Crippen LogP contribution in [-0.2, 0) is 0 Å². The molecule has 3 rings (SSSR count). The van der Waals surface area contributed by atoms with Gasteiger partial charge in [0.15, 0.2) is 0 Å². The van der Waals surface area contributed by atoms with Gasteiger partial charge in [0.1, 0.15) is 22.8 Å². The first kappa shape index (κ1) is 16.6. The van der Waals surface area contributed by atoms with Crippen LogP contribution < -0.4 is 14.9 Å². The van der Waals surface area contributed by atoms with E-state index in [9.17, 15) is 4.79 Å². The minimum atomic E-state index is -0.192. The second-order valence-corrected chi connectivity index (χ2v) is 6.29. The van der Waals surface area contributed by atoms with Gasteiger partial charge in [0.2, 0.25) is 11.2 Å². The molecule has 1 heterocycles. The molecule has 0 aliphatic carbocycles.